The van der Waals surface area contributed by atoms with Gasteiger partial charge < -0.3 is 14.2 Å². The van der Waals surface area contributed by atoms with E-state index in [0.29, 0.717) is 37.0 Å². The Morgan fingerprint density at radius 2 is 2.39 bits per heavy atom. The molecule has 0 unspecified atom stereocenters. The summed E-state index contributed by atoms with van der Waals surface area (Å²) in [5, 5.41) is 5.82. The molecular formula is C16H19N3O3S. The number of ether oxygens (including phenoxy) is 1. The normalized spacial score (nSPS) is 26.7. The van der Waals surface area contributed by atoms with Crippen LogP contribution in [0.1, 0.15) is 23.0 Å². The number of amides is 1. The fourth-order valence-electron chi connectivity index (χ4n) is 3.49. The zero-order valence-corrected chi connectivity index (χ0v) is 13.8. The number of aryl methyl sites for hydroxylation is 1. The molecule has 0 saturated carbocycles. The van der Waals surface area contributed by atoms with Crippen LogP contribution < -0.4 is 0 Å². The third kappa shape index (κ3) is 3.16. The van der Waals surface area contributed by atoms with Crippen LogP contribution in [0.5, 0.6) is 0 Å². The molecule has 122 valence electrons. The first-order chi connectivity index (χ1) is 11.2. The van der Waals surface area contributed by atoms with E-state index in [4.69, 9.17) is 9.26 Å². The highest BCUT2D eigenvalue weighted by atomic mass is 32.1. The second-order valence-corrected chi connectivity index (χ2v) is 7.32. The van der Waals surface area contributed by atoms with E-state index in [1.54, 1.807) is 11.3 Å². The fourth-order valence-corrected chi connectivity index (χ4v) is 4.19. The first kappa shape index (κ1) is 14.8. The van der Waals surface area contributed by atoms with Crippen molar-refractivity contribution in [3.8, 4) is 0 Å². The van der Waals surface area contributed by atoms with Gasteiger partial charge in [-0.25, -0.2) is 0 Å². The summed E-state index contributed by atoms with van der Waals surface area (Å²) in [6.45, 7) is 3.32. The van der Waals surface area contributed by atoms with Gasteiger partial charge in [0, 0.05) is 23.9 Å². The van der Waals surface area contributed by atoms with Crippen LogP contribution in [0.25, 0.3) is 0 Å². The zero-order valence-electron chi connectivity index (χ0n) is 13.0. The summed E-state index contributed by atoms with van der Waals surface area (Å²) < 4.78 is 11.3. The molecule has 2 saturated heterocycles. The summed E-state index contributed by atoms with van der Waals surface area (Å²) in [5.74, 6) is 1.92. The lowest BCUT2D eigenvalue weighted by atomic mass is 10.0. The number of hydrogen-bond acceptors (Lipinski definition) is 6. The van der Waals surface area contributed by atoms with Gasteiger partial charge in [-0.05, 0) is 24.8 Å². The molecule has 0 aliphatic carbocycles. The summed E-state index contributed by atoms with van der Waals surface area (Å²) in [4.78, 5) is 19.7. The average Bonchev–Trinajstić information content (AvgIpc) is 3.23. The molecule has 23 heavy (non-hydrogen) atoms. The minimum atomic E-state index is 0.124. The minimum Gasteiger partial charge on any atom is -0.372 e. The highest BCUT2D eigenvalue weighted by molar-refractivity contribution is 7.10. The van der Waals surface area contributed by atoms with Gasteiger partial charge >= 0.3 is 0 Å². The Morgan fingerprint density at radius 1 is 1.48 bits per heavy atom. The Balaban J connectivity index is 1.30. The van der Waals surface area contributed by atoms with E-state index in [1.807, 2.05) is 29.3 Å². The average molecular weight is 333 g/mol. The molecule has 4 rings (SSSR count). The molecule has 3 atom stereocenters. The molecule has 0 radical (unpaired) electrons. The quantitative estimate of drug-likeness (QED) is 0.854. The van der Waals surface area contributed by atoms with Gasteiger partial charge in [-0.3, -0.25) is 4.79 Å². The summed E-state index contributed by atoms with van der Waals surface area (Å²) in [7, 11) is 0. The van der Waals surface area contributed by atoms with E-state index in [-0.39, 0.29) is 18.1 Å². The summed E-state index contributed by atoms with van der Waals surface area (Å²) in [5.41, 5.74) is 0. The van der Waals surface area contributed by atoms with Crippen molar-refractivity contribution in [2.75, 3.05) is 13.1 Å². The Hall–Kier alpha value is -1.73. The molecule has 2 aliphatic heterocycles. The number of nitrogens with zero attached hydrogens (tertiary/aromatic N) is 3. The first-order valence-corrected chi connectivity index (χ1v) is 8.80. The summed E-state index contributed by atoms with van der Waals surface area (Å²) >= 11 is 1.63. The number of hydrogen-bond donors (Lipinski definition) is 0. The fraction of sp³-hybridized carbons (Fsp3) is 0.562. The molecule has 0 spiro atoms. The predicted octanol–water partition coefficient (Wildman–Crippen LogP) is 1.84. The maximum atomic E-state index is 12.4. The number of rotatable bonds is 4. The van der Waals surface area contributed by atoms with Crippen molar-refractivity contribution in [2.45, 2.75) is 38.4 Å². The molecular weight excluding hydrogens is 314 g/mol. The monoisotopic (exact) mass is 333 g/mol. The smallest absolute Gasteiger partial charge is 0.229 e. The van der Waals surface area contributed by atoms with E-state index in [2.05, 4.69) is 10.1 Å². The maximum Gasteiger partial charge on any atom is 0.229 e. The standard InChI is InChI=1S/C16H19N3O3S/c1-10-17-15(22-18-10)6-12-5-11-8-19(9-14(11)21-12)16(20)7-13-3-2-4-23-13/h2-4,11-12,14H,5-9H2,1H3/t11-,12+,14+/m1/s1. The van der Waals surface area contributed by atoms with Gasteiger partial charge in [-0.15, -0.1) is 11.3 Å². The first-order valence-electron chi connectivity index (χ1n) is 7.92. The van der Waals surface area contributed by atoms with Crippen LogP contribution in [-0.4, -0.2) is 46.2 Å². The van der Waals surface area contributed by atoms with Crippen molar-refractivity contribution in [1.29, 1.82) is 0 Å². The van der Waals surface area contributed by atoms with Crippen LogP contribution in [0.15, 0.2) is 22.0 Å². The van der Waals surface area contributed by atoms with E-state index in [1.165, 1.54) is 0 Å². The van der Waals surface area contributed by atoms with E-state index in [9.17, 15) is 4.79 Å². The lowest BCUT2D eigenvalue weighted by Crippen LogP contribution is -2.32. The van der Waals surface area contributed by atoms with Gasteiger partial charge in [0.2, 0.25) is 11.8 Å². The number of carbonyl (C=O) groups is 1. The predicted molar refractivity (Wildman–Crippen MR) is 84.1 cm³/mol. The molecule has 2 aromatic rings. The minimum absolute atomic E-state index is 0.124. The van der Waals surface area contributed by atoms with Gasteiger partial charge in [0.15, 0.2) is 5.82 Å². The summed E-state index contributed by atoms with van der Waals surface area (Å²) in [6, 6.07) is 4.00. The molecule has 4 heterocycles. The second-order valence-electron chi connectivity index (χ2n) is 6.29. The Labute approximate surface area is 138 Å². The van der Waals surface area contributed by atoms with Gasteiger partial charge in [-0.2, -0.15) is 4.98 Å². The molecule has 2 fully saturated rings. The third-order valence-corrected chi connectivity index (χ3v) is 5.42. The molecule has 1 amide bonds. The molecule has 0 N–H and O–H groups in total. The molecule has 0 aromatic carbocycles. The van der Waals surface area contributed by atoms with E-state index < -0.39 is 0 Å². The molecule has 7 heteroatoms. The Kier molecular flexibility index (Phi) is 3.90. The van der Waals surface area contributed by atoms with Crippen molar-refractivity contribution in [2.24, 2.45) is 5.92 Å². The maximum absolute atomic E-state index is 12.4. The second kappa shape index (κ2) is 6.05. The van der Waals surface area contributed by atoms with E-state index in [0.717, 1.165) is 17.8 Å². The Morgan fingerprint density at radius 3 is 3.09 bits per heavy atom. The Bertz CT molecular complexity index is 671. The van der Waals surface area contributed by atoms with Crippen molar-refractivity contribution in [1.82, 2.24) is 15.0 Å². The van der Waals surface area contributed by atoms with Crippen LogP contribution in [0.3, 0.4) is 0 Å². The van der Waals surface area contributed by atoms with Gasteiger partial charge in [0.25, 0.3) is 0 Å². The topological polar surface area (TPSA) is 68.5 Å². The van der Waals surface area contributed by atoms with Gasteiger partial charge in [0.1, 0.15) is 0 Å². The van der Waals surface area contributed by atoms with Gasteiger partial charge in [-0.1, -0.05) is 11.2 Å². The highest BCUT2D eigenvalue weighted by Gasteiger charge is 2.43. The van der Waals surface area contributed by atoms with Crippen molar-refractivity contribution >= 4 is 17.2 Å². The zero-order chi connectivity index (χ0) is 15.8. The molecule has 6 nitrogen and oxygen atoms in total. The number of thiophene rings is 1. The lowest BCUT2D eigenvalue weighted by Gasteiger charge is -2.18. The molecule has 2 aromatic heterocycles. The van der Waals surface area contributed by atoms with E-state index >= 15 is 0 Å². The van der Waals surface area contributed by atoms with Crippen molar-refractivity contribution in [3.05, 3.63) is 34.1 Å². The highest BCUT2D eigenvalue weighted by Crippen LogP contribution is 2.34. The van der Waals surface area contributed by atoms with Crippen molar-refractivity contribution < 1.29 is 14.1 Å². The van der Waals surface area contributed by atoms with Crippen LogP contribution in [0.2, 0.25) is 0 Å². The van der Waals surface area contributed by atoms with Crippen molar-refractivity contribution in [3.63, 3.8) is 0 Å². The van der Waals surface area contributed by atoms with Crippen LogP contribution in [-0.2, 0) is 22.4 Å². The van der Waals surface area contributed by atoms with Gasteiger partial charge in [0.05, 0.1) is 25.0 Å². The number of carbonyl (C=O) groups excluding carboxylic acids is 1. The van der Waals surface area contributed by atoms with Crippen LogP contribution >= 0.6 is 11.3 Å². The number of fused-ring (bicyclic) bond motifs is 1. The van der Waals surface area contributed by atoms with Crippen LogP contribution in [0.4, 0.5) is 0 Å². The SMILES string of the molecule is Cc1noc(C[C@@H]2C[C@@H]3CN(C(=O)Cc4cccs4)C[C@@H]3O2)n1. The summed E-state index contributed by atoms with van der Waals surface area (Å²) in [6.07, 6.45) is 2.39. The third-order valence-electron chi connectivity index (χ3n) is 4.54. The van der Waals surface area contributed by atoms with Crippen LogP contribution in [0, 0.1) is 12.8 Å². The largest absolute Gasteiger partial charge is 0.372 e. The number of likely N-dealkylation sites (tertiary alicyclic amines) is 1. The number of aromatic nitrogens is 2. The lowest BCUT2D eigenvalue weighted by molar-refractivity contribution is -0.130. The molecule has 0 bridgehead atoms. The molecule has 2 aliphatic rings.